The molecular weight excluding hydrogens is 417 g/mol. The second-order valence-corrected chi connectivity index (χ2v) is 12.1. The molecule has 0 aromatic heterocycles. The Hall–Kier alpha value is -1.43. The Morgan fingerprint density at radius 3 is 1.37 bits per heavy atom. The van der Waals surface area contributed by atoms with Crippen LogP contribution in [0, 0.1) is 0 Å². The van der Waals surface area contributed by atoms with Crippen molar-refractivity contribution in [3.8, 4) is 11.5 Å². The van der Waals surface area contributed by atoms with Crippen LogP contribution in [-0.2, 0) is 13.7 Å². The van der Waals surface area contributed by atoms with Crippen LogP contribution in [0.3, 0.4) is 0 Å². The van der Waals surface area contributed by atoms with Crippen molar-refractivity contribution in [1.82, 2.24) is 0 Å². The molecule has 0 aliphatic carbocycles. The molecule has 4 N–H and O–H groups in total. The van der Waals surface area contributed by atoms with E-state index in [4.69, 9.17) is 9.47 Å². The number of ether oxygens (including phenoxy) is 2. The van der Waals surface area contributed by atoms with Gasteiger partial charge in [0.2, 0.25) is 0 Å². The van der Waals surface area contributed by atoms with Gasteiger partial charge in [0.1, 0.15) is 34.8 Å². The lowest BCUT2D eigenvalue weighted by molar-refractivity contribution is 0.344. The van der Waals surface area contributed by atoms with Crippen LogP contribution in [0.25, 0.3) is 0 Å². The Bertz CT molecular complexity index is 874. The fourth-order valence-corrected chi connectivity index (χ4v) is 4.40. The summed E-state index contributed by atoms with van der Waals surface area (Å²) in [7, 11) is -12.2. The van der Waals surface area contributed by atoms with Gasteiger partial charge >= 0.3 is 15.2 Å². The molecule has 0 atom stereocenters. The SMILES string of the molecule is CP(=O)(COc1ccccc1P(=O)(O)O)COc1ccccc1P(=O)(O)O. The van der Waals surface area contributed by atoms with Crippen molar-refractivity contribution in [3.05, 3.63) is 48.5 Å². The molecule has 0 aliphatic rings. The zero-order valence-corrected chi connectivity index (χ0v) is 16.9. The Labute approximate surface area is 155 Å². The zero-order chi connectivity index (χ0) is 20.3. The minimum atomic E-state index is -4.56. The van der Waals surface area contributed by atoms with E-state index in [1.54, 1.807) is 0 Å². The molecule has 2 aromatic carbocycles. The molecule has 9 nitrogen and oxygen atoms in total. The average Bonchev–Trinajstić information content (AvgIpc) is 2.57. The molecule has 0 saturated heterocycles. The third kappa shape index (κ3) is 6.30. The van der Waals surface area contributed by atoms with Crippen molar-refractivity contribution < 1.29 is 42.7 Å². The van der Waals surface area contributed by atoms with Crippen molar-refractivity contribution in [2.45, 2.75) is 0 Å². The number of rotatable bonds is 8. The molecule has 2 aromatic rings. The molecule has 0 unspecified atom stereocenters. The fourth-order valence-electron chi connectivity index (χ4n) is 2.09. The molecule has 0 fully saturated rings. The van der Waals surface area contributed by atoms with Crippen molar-refractivity contribution in [3.63, 3.8) is 0 Å². The van der Waals surface area contributed by atoms with Crippen molar-refractivity contribution in [2.75, 3.05) is 19.4 Å². The summed E-state index contributed by atoms with van der Waals surface area (Å²) in [5.41, 5.74) is 0. The Balaban J connectivity index is 2.09. The maximum Gasteiger partial charge on any atom is 0.359 e. The van der Waals surface area contributed by atoms with Gasteiger partial charge in [-0.05, 0) is 30.9 Å². The molecule has 148 valence electrons. The van der Waals surface area contributed by atoms with E-state index in [1.807, 2.05) is 0 Å². The molecule has 27 heavy (non-hydrogen) atoms. The summed E-state index contributed by atoms with van der Waals surface area (Å²) < 4.78 is 46.2. The van der Waals surface area contributed by atoms with Crippen molar-refractivity contribution in [2.24, 2.45) is 0 Å². The summed E-state index contributed by atoms with van der Waals surface area (Å²) in [5.74, 6) is -0.188. The molecular formula is C15H19O9P3. The summed E-state index contributed by atoms with van der Waals surface area (Å²) >= 11 is 0. The van der Waals surface area contributed by atoms with Gasteiger partial charge in [-0.15, -0.1) is 0 Å². The number of benzene rings is 2. The van der Waals surface area contributed by atoms with Gasteiger partial charge in [-0.1, -0.05) is 24.3 Å². The summed E-state index contributed by atoms with van der Waals surface area (Å²) in [6, 6.07) is 11.0. The summed E-state index contributed by atoms with van der Waals surface area (Å²) in [6.07, 6.45) is -0.746. The van der Waals surface area contributed by atoms with E-state index in [2.05, 4.69) is 0 Å². The molecule has 0 aliphatic heterocycles. The summed E-state index contributed by atoms with van der Waals surface area (Å²) in [5, 5.41) is -0.643. The normalized spacial score (nSPS) is 12.6. The van der Waals surface area contributed by atoms with Crippen LogP contribution in [0.5, 0.6) is 11.5 Å². The van der Waals surface area contributed by atoms with Gasteiger partial charge < -0.3 is 33.6 Å². The first-order valence-electron chi connectivity index (χ1n) is 7.51. The summed E-state index contributed by atoms with van der Waals surface area (Å²) in [4.78, 5) is 37.3. The quantitative estimate of drug-likeness (QED) is 0.453. The molecule has 0 bridgehead atoms. The molecule has 12 heteroatoms. The van der Waals surface area contributed by atoms with Gasteiger partial charge in [-0.3, -0.25) is 9.13 Å². The Morgan fingerprint density at radius 1 is 0.704 bits per heavy atom. The van der Waals surface area contributed by atoms with E-state index in [0.717, 1.165) is 0 Å². The highest BCUT2D eigenvalue weighted by Crippen LogP contribution is 2.44. The monoisotopic (exact) mass is 436 g/mol. The lowest BCUT2D eigenvalue weighted by Crippen LogP contribution is -2.14. The summed E-state index contributed by atoms with van der Waals surface area (Å²) in [6.45, 7) is 1.35. The highest BCUT2D eigenvalue weighted by Gasteiger charge is 2.26. The minimum absolute atomic E-state index is 0.0940. The van der Waals surface area contributed by atoms with Crippen LogP contribution in [0.2, 0.25) is 0 Å². The van der Waals surface area contributed by atoms with E-state index in [-0.39, 0.29) is 34.8 Å². The van der Waals surface area contributed by atoms with E-state index in [1.165, 1.54) is 55.2 Å². The topological polar surface area (TPSA) is 151 Å². The maximum absolute atomic E-state index is 12.6. The fraction of sp³-hybridized carbons (Fsp3) is 0.200. The Kier molecular flexibility index (Phi) is 6.72. The first kappa shape index (κ1) is 21.9. The van der Waals surface area contributed by atoms with Crippen LogP contribution < -0.4 is 20.1 Å². The van der Waals surface area contributed by atoms with Crippen LogP contribution in [-0.4, -0.2) is 38.9 Å². The molecule has 0 amide bonds. The van der Waals surface area contributed by atoms with Crippen LogP contribution in [0.4, 0.5) is 0 Å². The van der Waals surface area contributed by atoms with Crippen molar-refractivity contribution in [1.29, 1.82) is 0 Å². The predicted molar refractivity (Wildman–Crippen MR) is 101 cm³/mol. The third-order valence-electron chi connectivity index (χ3n) is 3.34. The molecule has 0 heterocycles. The second-order valence-electron chi connectivity index (χ2n) is 5.87. The maximum atomic E-state index is 12.6. The number of para-hydroxylation sites is 2. The largest absolute Gasteiger partial charge is 0.485 e. The lowest BCUT2D eigenvalue weighted by atomic mass is 10.3. The van der Waals surface area contributed by atoms with E-state index in [9.17, 15) is 33.3 Å². The van der Waals surface area contributed by atoms with Crippen LogP contribution >= 0.6 is 22.3 Å². The van der Waals surface area contributed by atoms with Gasteiger partial charge in [-0.25, -0.2) is 0 Å². The first-order chi connectivity index (χ1) is 12.4. The highest BCUT2D eigenvalue weighted by atomic mass is 31.2. The predicted octanol–water partition coefficient (Wildman–Crippen LogP) is 1.66. The second kappa shape index (κ2) is 8.29. The van der Waals surface area contributed by atoms with Gasteiger partial charge in [0.25, 0.3) is 0 Å². The van der Waals surface area contributed by atoms with Gasteiger partial charge in [0.15, 0.2) is 7.14 Å². The number of hydrogen-bond acceptors (Lipinski definition) is 5. The van der Waals surface area contributed by atoms with Crippen molar-refractivity contribution >= 4 is 32.9 Å². The van der Waals surface area contributed by atoms with E-state index >= 15 is 0 Å². The Morgan fingerprint density at radius 2 is 1.04 bits per heavy atom. The standard InChI is InChI=1S/C15H19O9P3/c1-25(16,10-23-12-6-2-4-8-14(12)26(17,18)19)11-24-13-7-3-5-9-15(13)27(20,21)22/h2-9H,10-11H2,1H3,(H2,17,18,19)(H2,20,21,22). The van der Waals surface area contributed by atoms with Crippen LogP contribution in [0.1, 0.15) is 0 Å². The van der Waals surface area contributed by atoms with Gasteiger partial charge in [-0.2, -0.15) is 0 Å². The lowest BCUT2D eigenvalue weighted by Gasteiger charge is -2.18. The van der Waals surface area contributed by atoms with E-state index in [0.29, 0.717) is 0 Å². The zero-order valence-electron chi connectivity index (χ0n) is 14.2. The first-order valence-corrected chi connectivity index (χ1v) is 13.3. The molecule has 0 spiro atoms. The smallest absolute Gasteiger partial charge is 0.359 e. The van der Waals surface area contributed by atoms with Gasteiger partial charge in [0.05, 0.1) is 0 Å². The minimum Gasteiger partial charge on any atom is -0.485 e. The number of hydrogen-bond donors (Lipinski definition) is 4. The van der Waals surface area contributed by atoms with E-state index < -0.39 is 22.3 Å². The highest BCUT2D eigenvalue weighted by molar-refractivity contribution is 7.63. The molecule has 0 radical (unpaired) electrons. The average molecular weight is 436 g/mol. The van der Waals surface area contributed by atoms with Crippen LogP contribution in [0.15, 0.2) is 48.5 Å². The molecule has 2 rings (SSSR count). The third-order valence-corrected chi connectivity index (χ3v) is 6.69. The van der Waals surface area contributed by atoms with Gasteiger partial charge in [0, 0.05) is 0 Å². The molecule has 0 saturated carbocycles.